The van der Waals surface area contributed by atoms with E-state index in [-0.39, 0.29) is 17.5 Å². The standard InChI is InChI=1S/C16H17N5O2/c22-21(23)14-11-17-16(19-13-9-5-2-6-10-13)20-15(14)18-12-7-3-1-4-8-12/h1-5,7-8,11,13H,6,9-10H2,(H2,17,18,19,20). The summed E-state index contributed by atoms with van der Waals surface area (Å²) in [6.07, 6.45) is 8.42. The van der Waals surface area contributed by atoms with Crippen molar-refractivity contribution in [2.75, 3.05) is 10.6 Å². The Labute approximate surface area is 133 Å². The molecule has 1 atom stereocenters. The van der Waals surface area contributed by atoms with Crippen LogP contribution >= 0.6 is 0 Å². The van der Waals surface area contributed by atoms with Crippen molar-refractivity contribution in [1.29, 1.82) is 0 Å². The topological polar surface area (TPSA) is 93.0 Å². The molecule has 1 aliphatic rings. The predicted octanol–water partition coefficient (Wildman–Crippen LogP) is 3.65. The Morgan fingerprint density at radius 1 is 1.22 bits per heavy atom. The molecule has 0 radical (unpaired) electrons. The SMILES string of the molecule is O=[N+]([O-])c1cnc(NC2CC=CCC2)nc1Nc1ccccc1. The number of hydrogen-bond donors (Lipinski definition) is 2. The second-order valence-corrected chi connectivity index (χ2v) is 5.30. The molecule has 3 rings (SSSR count). The molecule has 1 aromatic heterocycles. The lowest BCUT2D eigenvalue weighted by molar-refractivity contribution is -0.384. The highest BCUT2D eigenvalue weighted by Crippen LogP contribution is 2.26. The maximum Gasteiger partial charge on any atom is 0.329 e. The summed E-state index contributed by atoms with van der Waals surface area (Å²) in [7, 11) is 0. The van der Waals surface area contributed by atoms with Crippen LogP contribution in [0.2, 0.25) is 0 Å². The van der Waals surface area contributed by atoms with Gasteiger partial charge < -0.3 is 10.6 Å². The molecule has 1 unspecified atom stereocenters. The van der Waals surface area contributed by atoms with Gasteiger partial charge >= 0.3 is 5.69 Å². The molecule has 1 aliphatic carbocycles. The Hall–Kier alpha value is -2.96. The van der Waals surface area contributed by atoms with E-state index in [1.54, 1.807) is 0 Å². The second kappa shape index (κ2) is 6.87. The van der Waals surface area contributed by atoms with Crippen LogP contribution in [-0.4, -0.2) is 20.9 Å². The van der Waals surface area contributed by atoms with Crippen molar-refractivity contribution in [1.82, 2.24) is 9.97 Å². The lowest BCUT2D eigenvalue weighted by atomic mass is 10.0. The number of nitrogens with zero attached hydrogens (tertiary/aromatic N) is 3. The van der Waals surface area contributed by atoms with Gasteiger partial charge in [-0.15, -0.1) is 0 Å². The number of para-hydroxylation sites is 1. The summed E-state index contributed by atoms with van der Waals surface area (Å²) in [5.41, 5.74) is 0.587. The Morgan fingerprint density at radius 2 is 2.04 bits per heavy atom. The summed E-state index contributed by atoms with van der Waals surface area (Å²) in [4.78, 5) is 19.0. The van der Waals surface area contributed by atoms with Crippen molar-refractivity contribution in [3.63, 3.8) is 0 Å². The quantitative estimate of drug-likeness (QED) is 0.497. The summed E-state index contributed by atoms with van der Waals surface area (Å²) in [5, 5.41) is 17.4. The molecule has 7 heteroatoms. The van der Waals surface area contributed by atoms with Gasteiger partial charge in [-0.1, -0.05) is 30.4 Å². The van der Waals surface area contributed by atoms with Gasteiger partial charge in [-0.2, -0.15) is 4.98 Å². The molecule has 0 fully saturated rings. The number of hydrogen-bond acceptors (Lipinski definition) is 6. The molecule has 7 nitrogen and oxygen atoms in total. The first kappa shape index (κ1) is 15.0. The van der Waals surface area contributed by atoms with E-state index in [0.717, 1.165) is 24.9 Å². The molecule has 0 aliphatic heterocycles. The van der Waals surface area contributed by atoms with Gasteiger partial charge in [0.2, 0.25) is 11.8 Å². The zero-order valence-corrected chi connectivity index (χ0v) is 12.5. The molecule has 118 valence electrons. The Kier molecular flexibility index (Phi) is 4.46. The van der Waals surface area contributed by atoms with Crippen LogP contribution in [0.15, 0.2) is 48.7 Å². The van der Waals surface area contributed by atoms with E-state index in [0.29, 0.717) is 5.95 Å². The number of nitro groups is 1. The average molecular weight is 311 g/mol. The Balaban J connectivity index is 1.84. The molecule has 1 heterocycles. The van der Waals surface area contributed by atoms with Gasteiger partial charge in [0.05, 0.1) is 4.92 Å². The summed E-state index contributed by atoms with van der Waals surface area (Å²) >= 11 is 0. The van der Waals surface area contributed by atoms with Crippen molar-refractivity contribution in [3.8, 4) is 0 Å². The molecular formula is C16H17N5O2. The van der Waals surface area contributed by atoms with E-state index in [1.807, 2.05) is 30.3 Å². The van der Waals surface area contributed by atoms with Gasteiger partial charge in [0.1, 0.15) is 6.20 Å². The first-order chi connectivity index (χ1) is 11.2. The number of benzene rings is 1. The van der Waals surface area contributed by atoms with Crippen molar-refractivity contribution < 1.29 is 4.92 Å². The number of anilines is 3. The lowest BCUT2D eigenvalue weighted by Gasteiger charge is -2.19. The smallest absolute Gasteiger partial charge is 0.329 e. The number of aromatic nitrogens is 2. The lowest BCUT2D eigenvalue weighted by Crippen LogP contribution is -2.22. The van der Waals surface area contributed by atoms with Gasteiger partial charge in [-0.3, -0.25) is 10.1 Å². The van der Waals surface area contributed by atoms with Gasteiger partial charge in [-0.25, -0.2) is 4.98 Å². The third-order valence-corrected chi connectivity index (χ3v) is 3.60. The third kappa shape index (κ3) is 3.82. The van der Waals surface area contributed by atoms with Gasteiger partial charge in [0.15, 0.2) is 0 Å². The Morgan fingerprint density at radius 3 is 2.74 bits per heavy atom. The summed E-state index contributed by atoms with van der Waals surface area (Å²) in [6.45, 7) is 0. The second-order valence-electron chi connectivity index (χ2n) is 5.30. The van der Waals surface area contributed by atoms with Crippen molar-refractivity contribution >= 4 is 23.1 Å². The normalized spacial score (nSPS) is 16.8. The summed E-state index contributed by atoms with van der Waals surface area (Å²) < 4.78 is 0. The maximum absolute atomic E-state index is 11.2. The van der Waals surface area contributed by atoms with Crippen LogP contribution < -0.4 is 10.6 Å². The Bertz CT molecular complexity index is 718. The van der Waals surface area contributed by atoms with Crippen LogP contribution in [-0.2, 0) is 0 Å². The molecular weight excluding hydrogens is 294 g/mol. The van der Waals surface area contributed by atoms with Crippen LogP contribution in [0.4, 0.5) is 23.1 Å². The zero-order valence-electron chi connectivity index (χ0n) is 12.5. The minimum absolute atomic E-state index is 0.150. The van der Waals surface area contributed by atoms with E-state index < -0.39 is 4.92 Å². The highest BCUT2D eigenvalue weighted by Gasteiger charge is 2.19. The highest BCUT2D eigenvalue weighted by molar-refractivity contribution is 5.65. The fourth-order valence-corrected chi connectivity index (χ4v) is 2.44. The average Bonchev–Trinajstić information content (AvgIpc) is 2.57. The molecule has 0 amide bonds. The van der Waals surface area contributed by atoms with E-state index >= 15 is 0 Å². The van der Waals surface area contributed by atoms with Crippen molar-refractivity contribution in [2.24, 2.45) is 0 Å². The molecule has 0 bridgehead atoms. The van der Waals surface area contributed by atoms with Crippen LogP contribution in [0.25, 0.3) is 0 Å². The highest BCUT2D eigenvalue weighted by atomic mass is 16.6. The minimum Gasteiger partial charge on any atom is -0.351 e. The molecule has 2 N–H and O–H groups in total. The number of rotatable bonds is 5. The fourth-order valence-electron chi connectivity index (χ4n) is 2.44. The third-order valence-electron chi connectivity index (χ3n) is 3.60. The molecule has 23 heavy (non-hydrogen) atoms. The van der Waals surface area contributed by atoms with E-state index in [1.165, 1.54) is 6.20 Å². The van der Waals surface area contributed by atoms with Crippen LogP contribution in [0, 0.1) is 10.1 Å². The monoisotopic (exact) mass is 311 g/mol. The summed E-state index contributed by atoms with van der Waals surface area (Å²) in [5.74, 6) is 0.583. The number of nitrogens with one attached hydrogen (secondary N) is 2. The van der Waals surface area contributed by atoms with Crippen LogP contribution in [0.3, 0.4) is 0 Å². The zero-order chi connectivity index (χ0) is 16.1. The first-order valence-corrected chi connectivity index (χ1v) is 7.47. The minimum atomic E-state index is -0.488. The first-order valence-electron chi connectivity index (χ1n) is 7.47. The predicted molar refractivity (Wildman–Crippen MR) is 88.8 cm³/mol. The van der Waals surface area contributed by atoms with Crippen LogP contribution in [0.5, 0.6) is 0 Å². The van der Waals surface area contributed by atoms with Gasteiger partial charge in [0.25, 0.3) is 0 Å². The van der Waals surface area contributed by atoms with Gasteiger partial charge in [-0.05, 0) is 31.4 Å². The van der Waals surface area contributed by atoms with Crippen molar-refractivity contribution in [2.45, 2.75) is 25.3 Å². The largest absolute Gasteiger partial charge is 0.351 e. The van der Waals surface area contributed by atoms with E-state index in [9.17, 15) is 10.1 Å². The number of allylic oxidation sites excluding steroid dienone is 1. The molecule has 0 saturated heterocycles. The molecule has 0 saturated carbocycles. The van der Waals surface area contributed by atoms with E-state index in [4.69, 9.17) is 0 Å². The van der Waals surface area contributed by atoms with Crippen LogP contribution in [0.1, 0.15) is 19.3 Å². The van der Waals surface area contributed by atoms with Gasteiger partial charge in [0, 0.05) is 11.7 Å². The summed E-state index contributed by atoms with van der Waals surface area (Å²) in [6, 6.07) is 9.48. The molecule has 0 spiro atoms. The maximum atomic E-state index is 11.2. The molecule has 2 aromatic rings. The van der Waals surface area contributed by atoms with Crippen molar-refractivity contribution in [3.05, 3.63) is 58.8 Å². The fraction of sp³-hybridized carbons (Fsp3) is 0.250. The van der Waals surface area contributed by atoms with E-state index in [2.05, 4.69) is 32.8 Å². The molecule has 1 aromatic carbocycles.